The third-order valence-corrected chi connectivity index (χ3v) is 5.03. The SMILES string of the molecule is COC(=O)c1cccn1C1CCN(C(=O)c2cccc(-n3cnnn3)c2)CC1. The smallest absolute Gasteiger partial charge is 0.354 e. The lowest BCUT2D eigenvalue weighted by molar-refractivity contribution is 0.0573. The summed E-state index contributed by atoms with van der Waals surface area (Å²) in [5.41, 5.74) is 1.88. The van der Waals surface area contributed by atoms with Crippen molar-refractivity contribution in [1.29, 1.82) is 0 Å². The molecule has 9 heteroatoms. The lowest BCUT2D eigenvalue weighted by Crippen LogP contribution is -2.39. The van der Waals surface area contributed by atoms with Crippen LogP contribution in [0.15, 0.2) is 48.9 Å². The van der Waals surface area contributed by atoms with Crippen molar-refractivity contribution in [2.45, 2.75) is 18.9 Å². The molecule has 144 valence electrons. The summed E-state index contributed by atoms with van der Waals surface area (Å²) < 4.78 is 8.31. The predicted molar refractivity (Wildman–Crippen MR) is 99.1 cm³/mol. The van der Waals surface area contributed by atoms with Crippen LogP contribution >= 0.6 is 0 Å². The minimum atomic E-state index is -0.345. The van der Waals surface area contributed by atoms with E-state index >= 15 is 0 Å². The Labute approximate surface area is 161 Å². The molecular formula is C19H20N6O3. The van der Waals surface area contributed by atoms with E-state index in [1.807, 2.05) is 33.9 Å². The molecule has 1 fully saturated rings. The van der Waals surface area contributed by atoms with Crippen LogP contribution in [0.25, 0.3) is 5.69 Å². The first-order valence-electron chi connectivity index (χ1n) is 9.05. The molecule has 3 aromatic rings. The molecule has 0 unspecified atom stereocenters. The van der Waals surface area contributed by atoms with Gasteiger partial charge in [0.15, 0.2) is 0 Å². The standard InChI is InChI=1S/C19H20N6O3/c1-28-19(27)17-6-3-9-24(17)15-7-10-23(11-8-15)18(26)14-4-2-5-16(12-14)25-13-20-21-22-25/h2-6,9,12-13,15H,7-8,10-11H2,1H3. The van der Waals surface area contributed by atoms with Crippen molar-refractivity contribution >= 4 is 11.9 Å². The number of carbonyl (C=O) groups excluding carboxylic acids is 2. The van der Waals surface area contributed by atoms with Gasteiger partial charge in [0.05, 0.1) is 12.8 Å². The van der Waals surface area contributed by atoms with Crippen molar-refractivity contribution < 1.29 is 14.3 Å². The molecule has 0 aliphatic carbocycles. The second kappa shape index (κ2) is 7.63. The Hall–Kier alpha value is -3.49. The molecule has 3 heterocycles. The normalized spacial score (nSPS) is 14.8. The third-order valence-electron chi connectivity index (χ3n) is 5.03. The van der Waals surface area contributed by atoms with Gasteiger partial charge in [0, 0.05) is 30.9 Å². The number of rotatable bonds is 4. The van der Waals surface area contributed by atoms with Crippen LogP contribution < -0.4 is 0 Å². The van der Waals surface area contributed by atoms with Gasteiger partial charge in [-0.2, -0.15) is 0 Å². The van der Waals surface area contributed by atoms with Gasteiger partial charge in [-0.15, -0.1) is 5.10 Å². The summed E-state index contributed by atoms with van der Waals surface area (Å²) in [6.45, 7) is 1.24. The number of nitrogens with zero attached hydrogens (tertiary/aromatic N) is 6. The lowest BCUT2D eigenvalue weighted by atomic mass is 10.0. The second-order valence-electron chi connectivity index (χ2n) is 6.62. The first-order valence-corrected chi connectivity index (χ1v) is 9.05. The molecule has 1 amide bonds. The van der Waals surface area contributed by atoms with E-state index in [0.717, 1.165) is 18.5 Å². The molecule has 4 rings (SSSR count). The van der Waals surface area contributed by atoms with Gasteiger partial charge in [0.25, 0.3) is 5.91 Å². The summed E-state index contributed by atoms with van der Waals surface area (Å²) in [4.78, 5) is 26.7. The summed E-state index contributed by atoms with van der Waals surface area (Å²) in [6.07, 6.45) is 4.93. The molecule has 1 saturated heterocycles. The highest BCUT2D eigenvalue weighted by Crippen LogP contribution is 2.26. The summed E-state index contributed by atoms with van der Waals surface area (Å²) in [5, 5.41) is 11.1. The van der Waals surface area contributed by atoms with Crippen molar-refractivity contribution in [3.8, 4) is 5.69 Å². The molecule has 0 spiro atoms. The zero-order valence-corrected chi connectivity index (χ0v) is 15.4. The van der Waals surface area contributed by atoms with Gasteiger partial charge in [0.2, 0.25) is 0 Å². The van der Waals surface area contributed by atoms with Gasteiger partial charge >= 0.3 is 5.97 Å². The third kappa shape index (κ3) is 3.38. The highest BCUT2D eigenvalue weighted by atomic mass is 16.5. The molecule has 0 radical (unpaired) electrons. The van der Waals surface area contributed by atoms with Crippen LogP contribution in [-0.2, 0) is 4.74 Å². The van der Waals surface area contributed by atoms with E-state index in [1.54, 1.807) is 18.2 Å². The van der Waals surface area contributed by atoms with Crippen LogP contribution in [0.2, 0.25) is 0 Å². The topological polar surface area (TPSA) is 95.1 Å². The maximum atomic E-state index is 12.9. The molecule has 0 N–H and O–H groups in total. The Morgan fingerprint density at radius 2 is 1.96 bits per heavy atom. The molecular weight excluding hydrogens is 360 g/mol. The fourth-order valence-electron chi connectivity index (χ4n) is 3.58. The van der Waals surface area contributed by atoms with E-state index in [0.29, 0.717) is 24.3 Å². The molecule has 0 bridgehead atoms. The number of likely N-dealkylation sites (tertiary alicyclic amines) is 1. The predicted octanol–water partition coefficient (Wildman–Crippen LogP) is 1.73. The highest BCUT2D eigenvalue weighted by molar-refractivity contribution is 5.94. The van der Waals surface area contributed by atoms with E-state index in [9.17, 15) is 9.59 Å². The van der Waals surface area contributed by atoms with E-state index in [2.05, 4.69) is 15.5 Å². The minimum absolute atomic E-state index is 0.0194. The number of ether oxygens (including phenoxy) is 1. The molecule has 2 aromatic heterocycles. The highest BCUT2D eigenvalue weighted by Gasteiger charge is 2.26. The van der Waals surface area contributed by atoms with Gasteiger partial charge in [-0.05, 0) is 53.6 Å². The zero-order valence-electron chi connectivity index (χ0n) is 15.4. The Balaban J connectivity index is 1.44. The fourth-order valence-corrected chi connectivity index (χ4v) is 3.58. The molecule has 1 aliphatic rings. The van der Waals surface area contributed by atoms with Crippen LogP contribution in [0.5, 0.6) is 0 Å². The Kier molecular flexibility index (Phi) is 4.88. The number of amides is 1. The number of tetrazole rings is 1. The van der Waals surface area contributed by atoms with Crippen molar-refractivity contribution in [2.24, 2.45) is 0 Å². The molecule has 9 nitrogen and oxygen atoms in total. The summed E-state index contributed by atoms with van der Waals surface area (Å²) in [7, 11) is 1.38. The maximum Gasteiger partial charge on any atom is 0.354 e. The van der Waals surface area contributed by atoms with Gasteiger partial charge in [-0.3, -0.25) is 4.79 Å². The monoisotopic (exact) mass is 380 g/mol. The molecule has 0 atom stereocenters. The molecule has 28 heavy (non-hydrogen) atoms. The first-order chi connectivity index (χ1) is 13.7. The van der Waals surface area contributed by atoms with E-state index in [4.69, 9.17) is 4.74 Å². The number of hydrogen-bond donors (Lipinski definition) is 0. The van der Waals surface area contributed by atoms with Crippen LogP contribution in [0.1, 0.15) is 39.7 Å². The van der Waals surface area contributed by atoms with Gasteiger partial charge in [0.1, 0.15) is 12.0 Å². The van der Waals surface area contributed by atoms with Gasteiger partial charge < -0.3 is 14.2 Å². The van der Waals surface area contributed by atoms with E-state index in [1.165, 1.54) is 18.1 Å². The average Bonchev–Trinajstić information content (AvgIpc) is 3.45. The quantitative estimate of drug-likeness (QED) is 0.640. The number of hydrogen-bond acceptors (Lipinski definition) is 6. The fraction of sp³-hybridized carbons (Fsp3) is 0.316. The number of methoxy groups -OCH3 is 1. The van der Waals surface area contributed by atoms with Crippen molar-refractivity contribution in [1.82, 2.24) is 29.7 Å². The number of benzene rings is 1. The largest absolute Gasteiger partial charge is 0.464 e. The van der Waals surface area contributed by atoms with Crippen molar-refractivity contribution in [3.63, 3.8) is 0 Å². The number of piperidine rings is 1. The Bertz CT molecular complexity index is 973. The van der Waals surface area contributed by atoms with Crippen LogP contribution in [0.4, 0.5) is 0 Å². The number of esters is 1. The van der Waals surface area contributed by atoms with Crippen LogP contribution in [0, 0.1) is 0 Å². The summed E-state index contributed by atoms with van der Waals surface area (Å²) in [5.74, 6) is -0.364. The molecule has 1 aromatic carbocycles. The Morgan fingerprint density at radius 1 is 1.14 bits per heavy atom. The zero-order chi connectivity index (χ0) is 19.5. The van der Waals surface area contributed by atoms with Crippen molar-refractivity contribution in [2.75, 3.05) is 20.2 Å². The second-order valence-corrected chi connectivity index (χ2v) is 6.62. The average molecular weight is 380 g/mol. The maximum absolute atomic E-state index is 12.9. The van der Waals surface area contributed by atoms with Gasteiger partial charge in [-0.25, -0.2) is 9.48 Å². The Morgan fingerprint density at radius 3 is 2.68 bits per heavy atom. The molecule has 0 saturated carbocycles. The lowest BCUT2D eigenvalue weighted by Gasteiger charge is -2.33. The summed E-state index contributed by atoms with van der Waals surface area (Å²) in [6, 6.07) is 11.0. The number of aromatic nitrogens is 5. The molecule has 1 aliphatic heterocycles. The number of carbonyl (C=O) groups is 2. The van der Waals surface area contributed by atoms with Gasteiger partial charge in [-0.1, -0.05) is 6.07 Å². The van der Waals surface area contributed by atoms with Crippen LogP contribution in [-0.4, -0.2) is 61.8 Å². The van der Waals surface area contributed by atoms with E-state index < -0.39 is 0 Å². The van der Waals surface area contributed by atoms with Crippen molar-refractivity contribution in [3.05, 3.63) is 60.2 Å². The van der Waals surface area contributed by atoms with E-state index in [-0.39, 0.29) is 17.9 Å². The summed E-state index contributed by atoms with van der Waals surface area (Å²) >= 11 is 0. The van der Waals surface area contributed by atoms with Crippen LogP contribution in [0.3, 0.4) is 0 Å². The minimum Gasteiger partial charge on any atom is -0.464 e. The first kappa shape index (κ1) is 17.9.